The number of fused-ring (bicyclic) bond motifs is 7. The predicted octanol–water partition coefficient (Wildman–Crippen LogP) is -4.41. The van der Waals surface area contributed by atoms with E-state index in [2.05, 4.69) is 27.4 Å². The van der Waals surface area contributed by atoms with Gasteiger partial charge in [-0.15, -0.1) is 0 Å². The number of hydrogen-bond acceptors (Lipinski definition) is 24. The summed E-state index contributed by atoms with van der Waals surface area (Å²) in [6.45, 7) is 8.74. The van der Waals surface area contributed by atoms with Crippen molar-refractivity contribution < 1.29 is 119 Å². The molecule has 0 aromatic rings. The lowest BCUT2D eigenvalue weighted by Crippen LogP contribution is -2.68. The molecule has 0 aromatic carbocycles. The lowest BCUT2D eigenvalue weighted by molar-refractivity contribution is -0.404. The van der Waals surface area contributed by atoms with Crippen LogP contribution in [0.1, 0.15) is 72.1 Å². The normalized spacial score (nSPS) is 57.6. The van der Waals surface area contributed by atoms with Crippen LogP contribution < -0.4 is 0 Å². The molecule has 74 heavy (non-hydrogen) atoms. The summed E-state index contributed by atoms with van der Waals surface area (Å²) in [6.07, 6.45) is -31.7. The van der Waals surface area contributed by atoms with Crippen LogP contribution in [0.25, 0.3) is 0 Å². The first kappa shape index (κ1) is 56.1. The maximum Gasteiger partial charge on any atom is 0.191 e. The average molecular weight is 1070 g/mol. The summed E-state index contributed by atoms with van der Waals surface area (Å²) >= 11 is 0. The minimum Gasteiger partial charge on any atom is -0.394 e. The highest BCUT2D eigenvalue weighted by molar-refractivity contribution is 5.29. The molecule has 0 amide bonds. The highest BCUT2D eigenvalue weighted by Gasteiger charge is 2.70. The van der Waals surface area contributed by atoms with Gasteiger partial charge in [0.1, 0.15) is 91.6 Å². The summed E-state index contributed by atoms with van der Waals surface area (Å²) in [7, 11) is 0. The van der Waals surface area contributed by atoms with Crippen LogP contribution in [0.4, 0.5) is 0 Å². The Morgan fingerprint density at radius 3 is 1.85 bits per heavy atom. The van der Waals surface area contributed by atoms with Gasteiger partial charge in [0.25, 0.3) is 0 Å². The Kier molecular flexibility index (Phi) is 16.2. The Hall–Kier alpha value is -1.22. The van der Waals surface area contributed by atoms with E-state index in [1.54, 1.807) is 0 Å². The van der Waals surface area contributed by atoms with E-state index >= 15 is 0 Å². The molecule has 6 heterocycles. The topological polar surface area (TPSA) is 376 Å². The van der Waals surface area contributed by atoms with Crippen molar-refractivity contribution in [3.8, 4) is 0 Å². The van der Waals surface area contributed by atoms with Crippen molar-refractivity contribution >= 4 is 0 Å². The fourth-order valence-corrected chi connectivity index (χ4v) is 15.5. The molecule has 14 N–H and O–H groups in total. The van der Waals surface area contributed by atoms with Crippen LogP contribution in [0, 0.1) is 46.3 Å². The van der Waals surface area contributed by atoms with Gasteiger partial charge in [-0.05, 0) is 90.9 Å². The van der Waals surface area contributed by atoms with E-state index in [0.717, 1.165) is 37.7 Å². The molecule has 10 rings (SSSR count). The van der Waals surface area contributed by atoms with Crippen molar-refractivity contribution in [2.75, 3.05) is 33.0 Å². The third kappa shape index (κ3) is 9.37. The number of ether oxygens (including phenoxy) is 10. The number of hydrogen-bond donors (Lipinski definition) is 14. The lowest BCUT2D eigenvalue weighted by Gasteiger charge is -2.63. The quantitative estimate of drug-likeness (QED) is 0.0686. The number of aliphatic hydroxyl groups is 14. The van der Waals surface area contributed by atoms with E-state index in [-0.39, 0.29) is 54.0 Å². The molecule has 1 spiro atoms. The molecule has 10 fully saturated rings. The van der Waals surface area contributed by atoms with Gasteiger partial charge in [0.2, 0.25) is 0 Å². The molecule has 0 aromatic heterocycles. The van der Waals surface area contributed by atoms with E-state index in [1.165, 1.54) is 0 Å². The Morgan fingerprint density at radius 1 is 0.541 bits per heavy atom. The van der Waals surface area contributed by atoms with E-state index in [9.17, 15) is 71.5 Å². The zero-order valence-electron chi connectivity index (χ0n) is 42.0. The molecule has 4 saturated carbocycles. The second-order valence-electron chi connectivity index (χ2n) is 23.8. The molecular formula is C50H80O24. The molecule has 4 aliphatic carbocycles. The van der Waals surface area contributed by atoms with Gasteiger partial charge < -0.3 is 119 Å². The first-order chi connectivity index (χ1) is 35.1. The molecule has 0 radical (unpaired) electrons. The first-order valence-electron chi connectivity index (χ1n) is 26.6. The van der Waals surface area contributed by atoms with Gasteiger partial charge in [-0.25, -0.2) is 0 Å². The van der Waals surface area contributed by atoms with Crippen molar-refractivity contribution in [1.82, 2.24) is 0 Å². The second-order valence-corrected chi connectivity index (χ2v) is 23.8. The van der Waals surface area contributed by atoms with Crippen molar-refractivity contribution in [2.45, 2.75) is 219 Å². The zero-order chi connectivity index (χ0) is 53.1. The highest BCUT2D eigenvalue weighted by Crippen LogP contribution is 2.71. The Labute approximate surface area is 428 Å². The largest absolute Gasteiger partial charge is 0.394 e. The monoisotopic (exact) mass is 1060 g/mol. The number of aliphatic hydroxyl groups excluding tert-OH is 14. The molecule has 0 bridgehead atoms. The van der Waals surface area contributed by atoms with Gasteiger partial charge >= 0.3 is 0 Å². The molecule has 32 atom stereocenters. The Bertz CT molecular complexity index is 1940. The maximum atomic E-state index is 12.1. The van der Waals surface area contributed by atoms with Crippen molar-refractivity contribution in [2.24, 2.45) is 46.3 Å². The summed E-state index contributed by atoms with van der Waals surface area (Å²) in [5.41, 5.74) is 0.462. The molecule has 6 aliphatic heterocycles. The molecule has 424 valence electrons. The summed E-state index contributed by atoms with van der Waals surface area (Å²) in [5.74, 6) is 0.170. The summed E-state index contributed by atoms with van der Waals surface area (Å²) in [5, 5.41) is 153. The minimum absolute atomic E-state index is 0.0198. The maximum absolute atomic E-state index is 12.1. The van der Waals surface area contributed by atoms with Gasteiger partial charge in [0, 0.05) is 12.3 Å². The fraction of sp³-hybridized carbons (Fsp3) is 0.960. The van der Waals surface area contributed by atoms with Gasteiger partial charge in [0.15, 0.2) is 30.9 Å². The van der Waals surface area contributed by atoms with E-state index < -0.39 is 173 Å². The van der Waals surface area contributed by atoms with Crippen LogP contribution in [-0.2, 0) is 47.4 Å². The minimum atomic E-state index is -2.04. The molecule has 8 unspecified atom stereocenters. The summed E-state index contributed by atoms with van der Waals surface area (Å²) in [4.78, 5) is 0. The highest BCUT2D eigenvalue weighted by atomic mass is 16.8. The van der Waals surface area contributed by atoms with E-state index in [0.29, 0.717) is 18.9 Å². The second kappa shape index (κ2) is 21.4. The summed E-state index contributed by atoms with van der Waals surface area (Å²) in [6, 6.07) is 0. The van der Waals surface area contributed by atoms with Crippen LogP contribution in [0.5, 0.6) is 0 Å². The van der Waals surface area contributed by atoms with Crippen LogP contribution in [0.15, 0.2) is 12.2 Å². The standard InChI is InChI=1S/C50H80O24/c1-18-5-8-50(66-16-18)19(2)32-28(74-50)10-22-20-9-24(54)23-11-27(25(55)12-49(23,4)21(20)6-7-48(22,32)3)67-45-40(64)37(61)41(31(15-53)70-45)71-47-43(73-46-39(63)36(60)34(58)29(13-51)68-46)42(35(59)30(14-52)69-47)72-44-38(62)33(57)26(56)17-65-44/h18,20-47,51-64H,2,5-17H2,1,3-4H3/t18?,20?,21?,22?,23?,24-,25-,26-,27-,28+,29-,30-,31-,32+,33?,34-,35-,36+,37-,38-,39-,40-,41+,42?,43-,44+,45?,46+,47+,48+,49-,50-/m1/s1. The van der Waals surface area contributed by atoms with Gasteiger partial charge in [0.05, 0.1) is 57.5 Å². The molecule has 24 heteroatoms. The molecule has 24 nitrogen and oxygen atoms in total. The van der Waals surface area contributed by atoms with Crippen LogP contribution in [0.2, 0.25) is 0 Å². The van der Waals surface area contributed by atoms with Crippen LogP contribution >= 0.6 is 0 Å². The van der Waals surface area contributed by atoms with Gasteiger partial charge in [-0.3, -0.25) is 0 Å². The average Bonchev–Trinajstić information content (AvgIpc) is 3.86. The van der Waals surface area contributed by atoms with Gasteiger partial charge in [-0.1, -0.05) is 27.4 Å². The van der Waals surface area contributed by atoms with Crippen molar-refractivity contribution in [3.05, 3.63) is 12.2 Å². The Balaban J connectivity index is 0.835. The van der Waals surface area contributed by atoms with E-state index in [4.69, 9.17) is 47.4 Å². The van der Waals surface area contributed by atoms with Crippen LogP contribution in [-0.4, -0.2) is 251 Å². The van der Waals surface area contributed by atoms with E-state index in [1.807, 2.05) is 0 Å². The molecule has 10 aliphatic rings. The SMILES string of the molecule is C=C1[C@H]2[C@H](CC3C4C[C@@H](O)C5C[C@@H](OC6O[C@H](CO)[C@H](O[C@@H]7O[C@H](CO)[C@@H](O)C(O[C@@H]8OC[C@@H](O)C(O)[C@H]8O)[C@H]7O[C@@H]7O[C@H](CO)[C@@H](O)[C@H](O)[C@H]7O)[C@H](O)[C@H]6O)[C@H](O)C[C@]5(C)C4CC[C@@]32C)O[C@]12CCC(C)CO2. The van der Waals surface area contributed by atoms with Crippen LogP contribution in [0.3, 0.4) is 0 Å². The lowest BCUT2D eigenvalue weighted by atomic mass is 9.43. The smallest absolute Gasteiger partial charge is 0.191 e. The predicted molar refractivity (Wildman–Crippen MR) is 245 cm³/mol. The first-order valence-corrected chi connectivity index (χ1v) is 26.6. The van der Waals surface area contributed by atoms with Crippen molar-refractivity contribution in [1.29, 1.82) is 0 Å². The summed E-state index contributed by atoms with van der Waals surface area (Å²) < 4.78 is 60.6. The van der Waals surface area contributed by atoms with Crippen molar-refractivity contribution in [3.63, 3.8) is 0 Å². The Morgan fingerprint density at radius 2 is 1.16 bits per heavy atom. The third-order valence-corrected chi connectivity index (χ3v) is 19.6. The van der Waals surface area contributed by atoms with Gasteiger partial charge in [-0.2, -0.15) is 0 Å². The third-order valence-electron chi connectivity index (χ3n) is 19.6. The number of rotatable bonds is 11. The molecular weight excluding hydrogens is 985 g/mol. The zero-order valence-corrected chi connectivity index (χ0v) is 42.0. The fourth-order valence-electron chi connectivity index (χ4n) is 15.5. The molecule has 6 saturated heterocycles.